The molecule has 0 aliphatic heterocycles. The van der Waals surface area contributed by atoms with E-state index in [4.69, 9.17) is 23.8 Å². The first-order valence-electron chi connectivity index (χ1n) is 4.40. The summed E-state index contributed by atoms with van der Waals surface area (Å²) in [6, 6.07) is 7.24. The molecule has 0 aliphatic rings. The van der Waals surface area contributed by atoms with E-state index in [1.807, 2.05) is 12.1 Å². The smallest absolute Gasteiger partial charge is 0.181 e. The van der Waals surface area contributed by atoms with Crippen molar-refractivity contribution in [1.29, 1.82) is 0 Å². The van der Waals surface area contributed by atoms with Crippen LogP contribution in [-0.2, 0) is 0 Å². The third-order valence-electron chi connectivity index (χ3n) is 1.54. The molecule has 0 bridgehead atoms. The van der Waals surface area contributed by atoms with E-state index < -0.39 is 0 Å². The van der Waals surface area contributed by atoms with Crippen LogP contribution in [0.25, 0.3) is 0 Å². The van der Waals surface area contributed by atoms with Gasteiger partial charge in [0, 0.05) is 5.02 Å². The zero-order valence-corrected chi connectivity index (χ0v) is 10.0. The minimum atomic E-state index is 0.350. The Balaban J connectivity index is 2.54. The summed E-state index contributed by atoms with van der Waals surface area (Å²) < 4.78 is 0. The fraction of sp³-hybridized carbons (Fsp3) is 0.0909. The molecule has 0 atom stereocenters. The van der Waals surface area contributed by atoms with E-state index in [9.17, 15) is 0 Å². The molecule has 2 N–H and O–H groups in total. The second-order valence-electron chi connectivity index (χ2n) is 2.73. The number of amidine groups is 1. The predicted octanol–water partition coefficient (Wildman–Crippen LogP) is 2.36. The lowest BCUT2D eigenvalue weighted by atomic mass is 10.2. The highest BCUT2D eigenvalue weighted by Crippen LogP contribution is 2.07. The Bertz CT molecular complexity index is 432. The Kier molecular flexibility index (Phi) is 5.48. The van der Waals surface area contributed by atoms with Gasteiger partial charge >= 0.3 is 0 Å². The minimum Gasteiger partial charge on any atom is -0.377 e. The molecule has 0 aliphatic carbocycles. The van der Waals surface area contributed by atoms with Crippen molar-refractivity contribution < 1.29 is 0 Å². The van der Waals surface area contributed by atoms with Crippen LogP contribution in [0.4, 0.5) is 0 Å². The summed E-state index contributed by atoms with van der Waals surface area (Å²) in [6.07, 6.45) is 6.68. The van der Waals surface area contributed by atoms with Gasteiger partial charge in [0.1, 0.15) is 0 Å². The van der Waals surface area contributed by atoms with Gasteiger partial charge in [-0.15, -0.1) is 11.5 Å². The van der Waals surface area contributed by atoms with E-state index in [1.54, 1.807) is 18.3 Å². The summed E-state index contributed by atoms with van der Waals surface area (Å²) in [5, 5.41) is 8.64. The van der Waals surface area contributed by atoms with Crippen molar-refractivity contribution in [3.63, 3.8) is 0 Å². The Morgan fingerprint density at radius 2 is 2.19 bits per heavy atom. The Morgan fingerprint density at radius 1 is 1.50 bits per heavy atom. The number of terminal acetylenes is 1. The molecule has 0 fully saturated rings. The summed E-state index contributed by atoms with van der Waals surface area (Å²) >= 11 is 7.01. The topological polar surface area (TPSA) is 50.7 Å². The van der Waals surface area contributed by atoms with E-state index in [-0.39, 0.29) is 0 Å². The first kappa shape index (κ1) is 12.6. The Morgan fingerprint density at radius 3 is 2.81 bits per heavy atom. The maximum Gasteiger partial charge on any atom is 0.181 e. The molecule has 1 aromatic rings. The number of hydrogen-bond acceptors (Lipinski definition) is 3. The zero-order valence-electron chi connectivity index (χ0n) is 8.43. The van der Waals surface area contributed by atoms with Gasteiger partial charge in [-0.2, -0.15) is 5.10 Å². The largest absolute Gasteiger partial charge is 0.377 e. The number of benzene rings is 1. The molecule has 0 amide bonds. The van der Waals surface area contributed by atoms with Gasteiger partial charge in [0.05, 0.1) is 12.0 Å². The maximum absolute atomic E-state index is 5.74. The van der Waals surface area contributed by atoms with Crippen molar-refractivity contribution in [2.45, 2.75) is 0 Å². The standard InChI is InChI=1S/C11H10ClN3S/c1-2-7-16-11(13)15-14-8-9-3-5-10(12)6-4-9/h1,3-6,8H,7H2,(H2,13,15)/b14-8+. The van der Waals surface area contributed by atoms with E-state index >= 15 is 0 Å². The average molecular weight is 252 g/mol. The molecule has 0 radical (unpaired) electrons. The summed E-state index contributed by atoms with van der Waals surface area (Å²) in [7, 11) is 0. The molecule has 0 saturated heterocycles. The van der Waals surface area contributed by atoms with Gasteiger partial charge in [-0.05, 0) is 17.7 Å². The minimum absolute atomic E-state index is 0.350. The molecule has 0 unspecified atom stereocenters. The van der Waals surface area contributed by atoms with Gasteiger partial charge in [0.25, 0.3) is 0 Å². The van der Waals surface area contributed by atoms with Crippen molar-refractivity contribution in [3.05, 3.63) is 34.9 Å². The number of halogens is 1. The molecule has 1 aromatic carbocycles. The summed E-state index contributed by atoms with van der Waals surface area (Å²) in [5.74, 6) is 2.94. The second kappa shape index (κ2) is 6.94. The van der Waals surface area contributed by atoms with Crippen LogP contribution in [0, 0.1) is 12.3 Å². The van der Waals surface area contributed by atoms with Crippen LogP contribution in [0.5, 0.6) is 0 Å². The highest BCUT2D eigenvalue weighted by Gasteiger charge is 1.90. The number of nitrogens with two attached hydrogens (primary N) is 1. The van der Waals surface area contributed by atoms with Crippen LogP contribution in [0.2, 0.25) is 5.02 Å². The second-order valence-corrected chi connectivity index (χ2v) is 4.16. The van der Waals surface area contributed by atoms with Crippen LogP contribution >= 0.6 is 23.4 Å². The van der Waals surface area contributed by atoms with Crippen LogP contribution in [-0.4, -0.2) is 17.1 Å². The number of nitrogens with zero attached hydrogens (tertiary/aromatic N) is 2. The molecule has 0 heterocycles. The molecular formula is C11H10ClN3S. The lowest BCUT2D eigenvalue weighted by molar-refractivity contribution is 1.25. The monoisotopic (exact) mass is 251 g/mol. The first-order chi connectivity index (χ1) is 7.72. The van der Waals surface area contributed by atoms with Gasteiger partial charge in [-0.25, -0.2) is 0 Å². The van der Waals surface area contributed by atoms with E-state index in [0.29, 0.717) is 15.9 Å². The molecule has 0 aromatic heterocycles. The molecular weight excluding hydrogens is 242 g/mol. The van der Waals surface area contributed by atoms with Crippen LogP contribution in [0.3, 0.4) is 0 Å². The molecule has 0 spiro atoms. The fourth-order valence-corrected chi connectivity index (χ4v) is 1.31. The molecule has 5 heteroatoms. The van der Waals surface area contributed by atoms with Gasteiger partial charge in [-0.1, -0.05) is 41.4 Å². The van der Waals surface area contributed by atoms with Gasteiger partial charge in [-0.3, -0.25) is 0 Å². The molecule has 0 saturated carbocycles. The lowest BCUT2D eigenvalue weighted by Crippen LogP contribution is -2.05. The summed E-state index contributed by atoms with van der Waals surface area (Å²) in [5.41, 5.74) is 6.44. The maximum atomic E-state index is 5.74. The summed E-state index contributed by atoms with van der Waals surface area (Å²) in [6.45, 7) is 0. The van der Waals surface area contributed by atoms with E-state index in [0.717, 1.165) is 5.56 Å². The van der Waals surface area contributed by atoms with Crippen LogP contribution in [0.15, 0.2) is 34.5 Å². The van der Waals surface area contributed by atoms with Crippen molar-refractivity contribution in [3.8, 4) is 12.3 Å². The number of thioether (sulfide) groups is 1. The van der Waals surface area contributed by atoms with Crippen molar-refractivity contribution >= 4 is 34.7 Å². The quantitative estimate of drug-likeness (QED) is 0.388. The van der Waals surface area contributed by atoms with E-state index in [2.05, 4.69) is 16.1 Å². The Hall–Kier alpha value is -1.44. The van der Waals surface area contributed by atoms with Gasteiger partial charge in [0.15, 0.2) is 5.17 Å². The van der Waals surface area contributed by atoms with Crippen molar-refractivity contribution in [2.75, 3.05) is 5.75 Å². The normalized spacial score (nSPS) is 11.6. The zero-order chi connectivity index (χ0) is 11.8. The lowest BCUT2D eigenvalue weighted by Gasteiger charge is -1.93. The van der Waals surface area contributed by atoms with Crippen LogP contribution < -0.4 is 5.73 Å². The van der Waals surface area contributed by atoms with Gasteiger partial charge < -0.3 is 5.73 Å². The molecule has 16 heavy (non-hydrogen) atoms. The third-order valence-corrected chi connectivity index (χ3v) is 2.48. The molecule has 1 rings (SSSR count). The molecule has 82 valence electrons. The fourth-order valence-electron chi connectivity index (χ4n) is 0.846. The molecule has 3 nitrogen and oxygen atoms in total. The average Bonchev–Trinajstić information content (AvgIpc) is 2.29. The number of hydrogen-bond donors (Lipinski definition) is 1. The first-order valence-corrected chi connectivity index (χ1v) is 5.77. The predicted molar refractivity (Wildman–Crippen MR) is 72.0 cm³/mol. The van der Waals surface area contributed by atoms with Crippen molar-refractivity contribution in [1.82, 2.24) is 0 Å². The number of rotatable bonds is 3. The third kappa shape index (κ3) is 4.87. The Labute approximate surface area is 104 Å². The summed E-state index contributed by atoms with van der Waals surface area (Å²) in [4.78, 5) is 0. The van der Waals surface area contributed by atoms with Crippen molar-refractivity contribution in [2.24, 2.45) is 15.9 Å². The highest BCUT2D eigenvalue weighted by molar-refractivity contribution is 8.13. The van der Waals surface area contributed by atoms with Gasteiger partial charge in [0.2, 0.25) is 0 Å². The van der Waals surface area contributed by atoms with Crippen LogP contribution in [0.1, 0.15) is 5.56 Å². The van der Waals surface area contributed by atoms with E-state index in [1.165, 1.54) is 11.8 Å². The highest BCUT2D eigenvalue weighted by atomic mass is 35.5. The SMILES string of the molecule is C#CCS/C(N)=N/N=C/c1ccc(Cl)cc1.